The zero-order valence-corrected chi connectivity index (χ0v) is 15.3. The van der Waals surface area contributed by atoms with E-state index in [9.17, 15) is 9.59 Å². The quantitative estimate of drug-likeness (QED) is 0.541. The van der Waals surface area contributed by atoms with Gasteiger partial charge in [0.1, 0.15) is 18.5 Å². The lowest BCUT2D eigenvalue weighted by Crippen LogP contribution is -2.17. The minimum atomic E-state index is -0.237. The second-order valence-corrected chi connectivity index (χ2v) is 6.52. The van der Waals surface area contributed by atoms with Crippen molar-refractivity contribution in [2.24, 2.45) is 0 Å². The van der Waals surface area contributed by atoms with Crippen molar-refractivity contribution >= 4 is 34.1 Å². The summed E-state index contributed by atoms with van der Waals surface area (Å²) >= 11 is 6.06. The Bertz CT molecular complexity index is 1200. The first kappa shape index (κ1) is 17.9. The van der Waals surface area contributed by atoms with E-state index in [-0.39, 0.29) is 17.9 Å². The Morgan fingerprint density at radius 1 is 1.21 bits per heavy atom. The predicted octanol–water partition coefficient (Wildman–Crippen LogP) is 2.73. The normalized spacial score (nSPS) is 10.9. The summed E-state index contributed by atoms with van der Waals surface area (Å²) in [4.78, 5) is 35.6. The smallest absolute Gasteiger partial charge is 0.258 e. The SMILES string of the molecule is O=C(CCc1nc2ccccc2c(=O)[nH]1)Nc1cc(Cl)ccc1-n1cncn1. The standard InChI is InChI=1S/C19H15ClN6O2/c20-12-5-6-16(26-11-21-10-22-26)15(9-12)24-18(27)8-7-17-23-14-4-2-1-3-13(14)19(28)25-17/h1-6,9-11H,7-8H2,(H,24,27)(H,23,25,28). The zero-order chi connectivity index (χ0) is 19.5. The Kier molecular flexibility index (Phi) is 4.86. The van der Waals surface area contributed by atoms with Crippen LogP contribution in [0.5, 0.6) is 0 Å². The van der Waals surface area contributed by atoms with Gasteiger partial charge in [-0.2, -0.15) is 5.10 Å². The maximum absolute atomic E-state index is 12.4. The van der Waals surface area contributed by atoms with Crippen molar-refractivity contribution in [2.45, 2.75) is 12.8 Å². The van der Waals surface area contributed by atoms with Crippen LogP contribution in [0.4, 0.5) is 5.69 Å². The molecule has 9 heteroatoms. The molecule has 0 aliphatic heterocycles. The topological polar surface area (TPSA) is 106 Å². The number of halogens is 1. The number of rotatable bonds is 5. The van der Waals surface area contributed by atoms with Crippen LogP contribution in [0.1, 0.15) is 12.2 Å². The van der Waals surface area contributed by atoms with Crippen LogP contribution in [-0.4, -0.2) is 30.6 Å². The van der Waals surface area contributed by atoms with Crippen molar-refractivity contribution in [1.29, 1.82) is 0 Å². The van der Waals surface area contributed by atoms with Gasteiger partial charge in [0, 0.05) is 17.9 Å². The number of carbonyl (C=O) groups excluding carboxylic acids is 1. The number of benzene rings is 2. The van der Waals surface area contributed by atoms with Gasteiger partial charge < -0.3 is 10.3 Å². The molecule has 140 valence electrons. The fraction of sp³-hybridized carbons (Fsp3) is 0.105. The number of amides is 1. The van der Waals surface area contributed by atoms with Crippen LogP contribution in [0.25, 0.3) is 16.6 Å². The van der Waals surface area contributed by atoms with E-state index in [1.54, 1.807) is 36.4 Å². The summed E-state index contributed by atoms with van der Waals surface area (Å²) in [6.07, 6.45) is 3.38. The van der Waals surface area contributed by atoms with Crippen LogP contribution >= 0.6 is 11.6 Å². The number of aromatic amines is 1. The molecular weight excluding hydrogens is 380 g/mol. The molecule has 4 aromatic rings. The maximum atomic E-state index is 12.4. The molecule has 28 heavy (non-hydrogen) atoms. The molecule has 0 saturated carbocycles. The van der Waals surface area contributed by atoms with Gasteiger partial charge in [0.25, 0.3) is 5.56 Å². The molecule has 4 rings (SSSR count). The van der Waals surface area contributed by atoms with Crippen LogP contribution in [0.2, 0.25) is 5.02 Å². The molecule has 0 spiro atoms. The molecular formula is C19H15ClN6O2. The number of anilines is 1. The number of H-pyrrole nitrogens is 1. The molecule has 0 bridgehead atoms. The summed E-state index contributed by atoms with van der Waals surface area (Å²) in [5.41, 5.74) is 1.55. The van der Waals surface area contributed by atoms with Gasteiger partial charge in [0.2, 0.25) is 5.91 Å². The number of nitrogens with one attached hydrogen (secondary N) is 2. The van der Waals surface area contributed by atoms with Crippen LogP contribution < -0.4 is 10.9 Å². The summed E-state index contributed by atoms with van der Waals surface area (Å²) in [5, 5.41) is 7.91. The van der Waals surface area contributed by atoms with E-state index < -0.39 is 0 Å². The van der Waals surface area contributed by atoms with Crippen molar-refractivity contribution in [1.82, 2.24) is 24.7 Å². The molecule has 2 aromatic carbocycles. The highest BCUT2D eigenvalue weighted by atomic mass is 35.5. The first-order valence-electron chi connectivity index (χ1n) is 8.52. The van der Waals surface area contributed by atoms with E-state index in [0.29, 0.717) is 39.5 Å². The molecule has 1 amide bonds. The lowest BCUT2D eigenvalue weighted by Gasteiger charge is -2.11. The van der Waals surface area contributed by atoms with E-state index in [2.05, 4.69) is 25.4 Å². The number of carbonyl (C=O) groups is 1. The van der Waals surface area contributed by atoms with Crippen molar-refractivity contribution in [3.8, 4) is 5.69 Å². The minimum Gasteiger partial charge on any atom is -0.324 e. The van der Waals surface area contributed by atoms with Gasteiger partial charge >= 0.3 is 0 Å². The van der Waals surface area contributed by atoms with Crippen LogP contribution in [0.15, 0.2) is 59.9 Å². The average molecular weight is 395 g/mol. The van der Waals surface area contributed by atoms with Gasteiger partial charge in [-0.25, -0.2) is 14.6 Å². The summed E-state index contributed by atoms with van der Waals surface area (Å²) in [7, 11) is 0. The summed E-state index contributed by atoms with van der Waals surface area (Å²) in [5.74, 6) is 0.223. The van der Waals surface area contributed by atoms with Crippen LogP contribution in [0, 0.1) is 0 Å². The van der Waals surface area contributed by atoms with Gasteiger partial charge in [-0.15, -0.1) is 0 Å². The zero-order valence-electron chi connectivity index (χ0n) is 14.6. The van der Waals surface area contributed by atoms with Crippen molar-refractivity contribution < 1.29 is 4.79 Å². The number of aromatic nitrogens is 5. The molecule has 8 nitrogen and oxygen atoms in total. The van der Waals surface area contributed by atoms with Gasteiger partial charge in [-0.3, -0.25) is 9.59 Å². The number of nitrogens with zero attached hydrogens (tertiary/aromatic N) is 4. The second-order valence-electron chi connectivity index (χ2n) is 6.08. The molecule has 0 atom stereocenters. The molecule has 0 saturated heterocycles. The van der Waals surface area contributed by atoms with E-state index in [0.717, 1.165) is 0 Å². The number of aryl methyl sites for hydroxylation is 1. The highest BCUT2D eigenvalue weighted by Crippen LogP contribution is 2.24. The van der Waals surface area contributed by atoms with E-state index in [4.69, 9.17) is 11.6 Å². The third-order valence-corrected chi connectivity index (χ3v) is 4.38. The largest absolute Gasteiger partial charge is 0.324 e. The molecule has 2 N–H and O–H groups in total. The first-order valence-corrected chi connectivity index (χ1v) is 8.90. The fourth-order valence-electron chi connectivity index (χ4n) is 2.84. The number of fused-ring (bicyclic) bond motifs is 1. The van der Waals surface area contributed by atoms with Crippen molar-refractivity contribution in [3.05, 3.63) is 76.3 Å². The lowest BCUT2D eigenvalue weighted by atomic mass is 10.2. The summed E-state index contributed by atoms with van der Waals surface area (Å²) in [6.45, 7) is 0. The molecule has 2 heterocycles. The summed E-state index contributed by atoms with van der Waals surface area (Å²) in [6, 6.07) is 12.2. The van der Waals surface area contributed by atoms with E-state index in [1.807, 2.05) is 6.07 Å². The number of hydrogen-bond donors (Lipinski definition) is 2. The monoisotopic (exact) mass is 394 g/mol. The van der Waals surface area contributed by atoms with Gasteiger partial charge in [-0.05, 0) is 30.3 Å². The van der Waals surface area contributed by atoms with Gasteiger partial charge in [-0.1, -0.05) is 23.7 Å². The maximum Gasteiger partial charge on any atom is 0.258 e. The fourth-order valence-corrected chi connectivity index (χ4v) is 3.01. The Balaban J connectivity index is 1.50. The first-order chi connectivity index (χ1) is 13.6. The Labute approximate surface area is 164 Å². The third-order valence-electron chi connectivity index (χ3n) is 4.15. The Morgan fingerprint density at radius 2 is 2.07 bits per heavy atom. The van der Waals surface area contributed by atoms with E-state index >= 15 is 0 Å². The number of hydrogen-bond acceptors (Lipinski definition) is 5. The Hall–Kier alpha value is -3.52. The summed E-state index contributed by atoms with van der Waals surface area (Å²) < 4.78 is 1.54. The van der Waals surface area contributed by atoms with Crippen LogP contribution in [-0.2, 0) is 11.2 Å². The number of para-hydroxylation sites is 1. The molecule has 0 aliphatic rings. The second kappa shape index (κ2) is 7.61. The highest BCUT2D eigenvalue weighted by molar-refractivity contribution is 6.31. The van der Waals surface area contributed by atoms with Gasteiger partial charge in [0.05, 0.1) is 22.3 Å². The molecule has 0 aliphatic carbocycles. The van der Waals surface area contributed by atoms with Crippen LogP contribution in [0.3, 0.4) is 0 Å². The molecule has 0 unspecified atom stereocenters. The third kappa shape index (κ3) is 3.77. The van der Waals surface area contributed by atoms with E-state index in [1.165, 1.54) is 17.3 Å². The Morgan fingerprint density at radius 3 is 2.89 bits per heavy atom. The average Bonchev–Trinajstić information content (AvgIpc) is 3.21. The highest BCUT2D eigenvalue weighted by Gasteiger charge is 2.11. The van der Waals surface area contributed by atoms with Crippen molar-refractivity contribution in [2.75, 3.05) is 5.32 Å². The minimum absolute atomic E-state index is 0.143. The molecule has 2 aromatic heterocycles. The molecule has 0 fully saturated rings. The predicted molar refractivity (Wildman–Crippen MR) is 106 cm³/mol. The lowest BCUT2D eigenvalue weighted by molar-refractivity contribution is -0.116. The molecule has 0 radical (unpaired) electrons. The van der Waals surface area contributed by atoms with Gasteiger partial charge in [0.15, 0.2) is 0 Å². The van der Waals surface area contributed by atoms with Crippen molar-refractivity contribution in [3.63, 3.8) is 0 Å².